The summed E-state index contributed by atoms with van der Waals surface area (Å²) in [5.41, 5.74) is 2.25. The third kappa shape index (κ3) is 3.45. The van der Waals surface area contributed by atoms with Gasteiger partial charge in [0.05, 0.1) is 25.0 Å². The molecule has 2 aliphatic rings. The number of carbonyl (C=O) groups is 1. The number of nitrogens with one attached hydrogen (secondary N) is 1. The molecule has 3 aromatic rings. The monoisotopic (exact) mass is 449 g/mol. The van der Waals surface area contributed by atoms with Crippen LogP contribution in [0.5, 0.6) is 5.75 Å². The Morgan fingerprint density at radius 3 is 2.36 bits per heavy atom. The van der Waals surface area contributed by atoms with Gasteiger partial charge in [-0.25, -0.2) is 8.78 Å². The first-order chi connectivity index (χ1) is 15.9. The van der Waals surface area contributed by atoms with Crippen LogP contribution in [0.4, 0.5) is 14.5 Å². The van der Waals surface area contributed by atoms with Gasteiger partial charge in [0.1, 0.15) is 11.6 Å². The van der Waals surface area contributed by atoms with E-state index >= 15 is 0 Å². The predicted molar refractivity (Wildman–Crippen MR) is 121 cm³/mol. The Hall–Kier alpha value is -3.71. The van der Waals surface area contributed by atoms with Crippen molar-refractivity contribution < 1.29 is 28.5 Å². The highest BCUT2D eigenvalue weighted by molar-refractivity contribution is 6.36. The number of hydrogen-bond donors (Lipinski definition) is 3. The molecule has 1 aliphatic carbocycles. The number of halogens is 2. The number of ether oxygens (including phenoxy) is 1. The summed E-state index contributed by atoms with van der Waals surface area (Å²) in [7, 11) is 1.33. The average Bonchev–Trinajstić information content (AvgIpc) is 3.55. The van der Waals surface area contributed by atoms with E-state index in [-0.39, 0.29) is 40.2 Å². The maximum Gasteiger partial charge on any atom is 0.260 e. The van der Waals surface area contributed by atoms with Crippen molar-refractivity contribution >= 4 is 22.9 Å². The third-order valence-electron chi connectivity index (χ3n) is 6.48. The molecule has 5 nitrogen and oxygen atoms in total. The normalized spacial score (nSPS) is 17.4. The van der Waals surface area contributed by atoms with Crippen LogP contribution in [0.1, 0.15) is 29.5 Å². The maximum absolute atomic E-state index is 14.9. The molecule has 0 aromatic heterocycles. The van der Waals surface area contributed by atoms with Crippen LogP contribution >= 0.6 is 0 Å². The molecule has 1 saturated carbocycles. The van der Waals surface area contributed by atoms with Crippen molar-refractivity contribution in [1.82, 2.24) is 0 Å². The van der Waals surface area contributed by atoms with Crippen molar-refractivity contribution in [1.29, 1.82) is 0 Å². The van der Waals surface area contributed by atoms with Gasteiger partial charge >= 0.3 is 0 Å². The molecular weight excluding hydrogens is 428 g/mol. The molecule has 0 spiro atoms. The number of anilines is 1. The molecule has 0 bridgehead atoms. The van der Waals surface area contributed by atoms with Gasteiger partial charge in [-0.3, -0.25) is 4.79 Å². The minimum atomic E-state index is -0.683. The molecule has 0 saturated heterocycles. The minimum absolute atomic E-state index is 0.00908. The highest BCUT2D eigenvalue weighted by atomic mass is 19.1. The van der Waals surface area contributed by atoms with Crippen LogP contribution in [-0.2, 0) is 10.2 Å². The highest BCUT2D eigenvalue weighted by Crippen LogP contribution is 2.48. The summed E-state index contributed by atoms with van der Waals surface area (Å²) in [4.78, 5) is 12.6. The standard InChI is InChI=1S/C26H21F2NO4/c1-33-22-7-4-15(10-20(22)28)24(31)23-18-11-17(19(27)12-21(18)29-25(23)32)14-2-5-16(6-3-14)26(13-30)8-9-26/h2-7,10-12,30-31H,8-9,13H2,1H3,(H,29,32)/b24-23-. The molecule has 0 atom stereocenters. The van der Waals surface area contributed by atoms with Gasteiger partial charge in [-0.1, -0.05) is 24.3 Å². The van der Waals surface area contributed by atoms with Gasteiger partial charge in [-0.2, -0.15) is 0 Å². The number of aliphatic hydroxyl groups is 2. The van der Waals surface area contributed by atoms with Crippen molar-refractivity contribution in [2.75, 3.05) is 19.0 Å². The Balaban J connectivity index is 1.58. The maximum atomic E-state index is 14.9. The Morgan fingerprint density at radius 2 is 1.76 bits per heavy atom. The SMILES string of the molecule is COc1ccc(/C(O)=C2/C(=O)Nc3cc(F)c(-c4ccc(C5(CO)CC5)cc4)cc32)cc1F. The second kappa shape index (κ2) is 7.71. The fourth-order valence-corrected chi connectivity index (χ4v) is 4.30. The summed E-state index contributed by atoms with van der Waals surface area (Å²) in [6, 6.07) is 13.9. The first kappa shape index (κ1) is 21.2. The van der Waals surface area contributed by atoms with Gasteiger partial charge < -0.3 is 20.3 Å². The lowest BCUT2D eigenvalue weighted by molar-refractivity contribution is -0.110. The molecule has 3 N–H and O–H groups in total. The number of amides is 1. The summed E-state index contributed by atoms with van der Waals surface area (Å²) in [5, 5.41) is 23.0. The van der Waals surface area contributed by atoms with Crippen LogP contribution in [0.3, 0.4) is 0 Å². The van der Waals surface area contributed by atoms with Gasteiger partial charge in [0, 0.05) is 22.1 Å². The quantitative estimate of drug-likeness (QED) is 0.377. The van der Waals surface area contributed by atoms with Gasteiger partial charge in [0.15, 0.2) is 11.6 Å². The zero-order valence-electron chi connectivity index (χ0n) is 17.8. The Labute approximate surface area is 189 Å². The Kier molecular flexibility index (Phi) is 4.94. The molecule has 1 aliphatic heterocycles. The number of rotatable bonds is 5. The molecule has 1 fully saturated rings. The minimum Gasteiger partial charge on any atom is -0.506 e. The van der Waals surface area contributed by atoms with Gasteiger partial charge in [0.2, 0.25) is 0 Å². The topological polar surface area (TPSA) is 78.8 Å². The van der Waals surface area contributed by atoms with Gasteiger partial charge in [-0.15, -0.1) is 0 Å². The van der Waals surface area contributed by atoms with E-state index in [1.807, 2.05) is 12.1 Å². The van der Waals surface area contributed by atoms with Crippen LogP contribution in [0.2, 0.25) is 0 Å². The molecule has 5 rings (SSSR count). The van der Waals surface area contributed by atoms with E-state index in [1.54, 1.807) is 12.1 Å². The number of carbonyl (C=O) groups excluding carboxylic acids is 1. The highest BCUT2D eigenvalue weighted by Gasteiger charge is 2.43. The van der Waals surface area contributed by atoms with Crippen LogP contribution in [0.15, 0.2) is 54.6 Å². The van der Waals surface area contributed by atoms with Crippen LogP contribution in [0, 0.1) is 11.6 Å². The number of hydrogen-bond acceptors (Lipinski definition) is 4. The second-order valence-corrected chi connectivity index (χ2v) is 8.42. The van der Waals surface area contributed by atoms with E-state index in [1.165, 1.54) is 31.4 Å². The number of aliphatic hydroxyl groups excluding tert-OH is 2. The predicted octanol–water partition coefficient (Wildman–Crippen LogP) is 5.04. The summed E-state index contributed by atoms with van der Waals surface area (Å²) >= 11 is 0. The molecule has 168 valence electrons. The second-order valence-electron chi connectivity index (χ2n) is 8.42. The van der Waals surface area contributed by atoms with Crippen LogP contribution in [0.25, 0.3) is 22.5 Å². The first-order valence-corrected chi connectivity index (χ1v) is 10.5. The van der Waals surface area contributed by atoms with Crippen molar-refractivity contribution in [2.24, 2.45) is 0 Å². The summed E-state index contributed by atoms with van der Waals surface area (Å²) < 4.78 is 34.0. The zero-order chi connectivity index (χ0) is 23.3. The third-order valence-corrected chi connectivity index (χ3v) is 6.48. The van der Waals surface area contributed by atoms with E-state index in [4.69, 9.17) is 4.74 Å². The van der Waals surface area contributed by atoms with Gasteiger partial charge in [-0.05, 0) is 54.3 Å². The summed E-state index contributed by atoms with van der Waals surface area (Å²) in [6.45, 7) is 0.0761. The number of fused-ring (bicyclic) bond motifs is 1. The smallest absolute Gasteiger partial charge is 0.260 e. The zero-order valence-corrected chi connectivity index (χ0v) is 17.8. The Bertz CT molecular complexity index is 1310. The first-order valence-electron chi connectivity index (χ1n) is 10.5. The van der Waals surface area contributed by atoms with Crippen molar-refractivity contribution in [3.05, 3.63) is 82.9 Å². The van der Waals surface area contributed by atoms with E-state index in [0.717, 1.165) is 24.5 Å². The fourth-order valence-electron chi connectivity index (χ4n) is 4.30. The van der Waals surface area contributed by atoms with E-state index in [2.05, 4.69) is 5.32 Å². The van der Waals surface area contributed by atoms with Crippen molar-refractivity contribution in [3.8, 4) is 16.9 Å². The van der Waals surface area contributed by atoms with Crippen LogP contribution in [-0.4, -0.2) is 29.8 Å². The average molecular weight is 449 g/mol. The molecule has 1 amide bonds. The molecule has 0 radical (unpaired) electrons. The van der Waals surface area contributed by atoms with Crippen molar-refractivity contribution in [2.45, 2.75) is 18.3 Å². The van der Waals surface area contributed by atoms with Crippen molar-refractivity contribution in [3.63, 3.8) is 0 Å². The number of benzene rings is 3. The van der Waals surface area contributed by atoms with E-state index < -0.39 is 23.3 Å². The van der Waals surface area contributed by atoms with E-state index in [0.29, 0.717) is 11.1 Å². The van der Waals surface area contributed by atoms with Crippen LogP contribution < -0.4 is 10.1 Å². The number of methoxy groups -OCH3 is 1. The Morgan fingerprint density at radius 1 is 1.03 bits per heavy atom. The lowest BCUT2D eigenvalue weighted by Crippen LogP contribution is -2.11. The largest absolute Gasteiger partial charge is 0.506 e. The molecule has 3 aromatic carbocycles. The molecular formula is C26H21F2NO4. The molecule has 7 heteroatoms. The molecule has 33 heavy (non-hydrogen) atoms. The molecule has 0 unspecified atom stereocenters. The summed E-state index contributed by atoms with van der Waals surface area (Å²) in [6.07, 6.45) is 1.84. The van der Waals surface area contributed by atoms with E-state index in [9.17, 15) is 23.8 Å². The lowest BCUT2D eigenvalue weighted by atomic mass is 9.93. The van der Waals surface area contributed by atoms with Gasteiger partial charge in [0.25, 0.3) is 5.91 Å². The molecule has 1 heterocycles. The lowest BCUT2D eigenvalue weighted by Gasteiger charge is -2.13. The fraction of sp³-hybridized carbons (Fsp3) is 0.192. The summed E-state index contributed by atoms with van der Waals surface area (Å²) in [5.74, 6) is -2.23.